The van der Waals surface area contributed by atoms with Crippen LogP contribution in [0.4, 0.5) is 0 Å². The van der Waals surface area contributed by atoms with Crippen molar-refractivity contribution in [3.63, 3.8) is 0 Å². The second-order valence-corrected chi connectivity index (χ2v) is 8.80. The molecule has 1 heterocycles. The van der Waals surface area contributed by atoms with Gasteiger partial charge in [0.15, 0.2) is 0 Å². The van der Waals surface area contributed by atoms with Gasteiger partial charge in [0, 0.05) is 38.7 Å². The number of carbonyl (C=O) groups excluding carboxylic acids is 1. The lowest BCUT2D eigenvalue weighted by molar-refractivity contribution is -0.129. The Bertz CT molecular complexity index is 405. The van der Waals surface area contributed by atoms with E-state index in [2.05, 4.69) is 31.0 Å². The van der Waals surface area contributed by atoms with Crippen LogP contribution in [-0.2, 0) is 9.53 Å². The Labute approximate surface area is 147 Å². The van der Waals surface area contributed by atoms with E-state index >= 15 is 0 Å². The third-order valence-electron chi connectivity index (χ3n) is 5.52. The van der Waals surface area contributed by atoms with Gasteiger partial charge in [-0.15, -0.1) is 0 Å². The smallest absolute Gasteiger partial charge is 0.223 e. The van der Waals surface area contributed by atoms with Gasteiger partial charge in [-0.2, -0.15) is 0 Å². The zero-order valence-electron chi connectivity index (χ0n) is 15.9. The number of nitrogens with one attached hydrogen (secondary N) is 1. The Balaban J connectivity index is 1.74. The van der Waals surface area contributed by atoms with Gasteiger partial charge in [0.2, 0.25) is 5.91 Å². The summed E-state index contributed by atoms with van der Waals surface area (Å²) in [6, 6.07) is 0.286. The molecule has 2 fully saturated rings. The number of ether oxygens (including phenoxy) is 1. The van der Waals surface area contributed by atoms with Gasteiger partial charge in [0.25, 0.3) is 0 Å². The number of nitrogens with zero attached hydrogens (tertiary/aromatic N) is 1. The fraction of sp³-hybridized carbons (Fsp3) is 0.947. The largest absolute Gasteiger partial charge is 0.389 e. The molecule has 2 N–H and O–H groups in total. The molecular weight excluding hydrogens is 304 g/mol. The predicted octanol–water partition coefficient (Wildman–Crippen LogP) is 2.04. The van der Waals surface area contributed by atoms with Crippen LogP contribution in [-0.4, -0.2) is 61.4 Å². The van der Waals surface area contributed by atoms with Crippen LogP contribution < -0.4 is 5.32 Å². The summed E-state index contributed by atoms with van der Waals surface area (Å²) in [7, 11) is 1.61. The number of methoxy groups -OCH3 is 1. The highest BCUT2D eigenvalue weighted by atomic mass is 16.5. The van der Waals surface area contributed by atoms with E-state index < -0.39 is 6.10 Å². The maximum atomic E-state index is 12.7. The highest BCUT2D eigenvalue weighted by Gasteiger charge is 2.36. The number of hydrogen-bond donors (Lipinski definition) is 2. The topological polar surface area (TPSA) is 61.8 Å². The van der Waals surface area contributed by atoms with Gasteiger partial charge >= 0.3 is 0 Å². The molecule has 24 heavy (non-hydrogen) atoms. The first kappa shape index (κ1) is 19.7. The molecule has 1 saturated carbocycles. The Morgan fingerprint density at radius 3 is 2.58 bits per heavy atom. The molecule has 0 aromatic rings. The molecule has 1 aliphatic carbocycles. The van der Waals surface area contributed by atoms with Crippen molar-refractivity contribution < 1.29 is 14.6 Å². The van der Waals surface area contributed by atoms with Crippen molar-refractivity contribution in [3.8, 4) is 0 Å². The summed E-state index contributed by atoms with van der Waals surface area (Å²) in [6.07, 6.45) is 4.77. The summed E-state index contributed by atoms with van der Waals surface area (Å²) in [5.41, 5.74) is 0.278. The summed E-state index contributed by atoms with van der Waals surface area (Å²) in [5, 5.41) is 13.1. The lowest BCUT2D eigenvalue weighted by Gasteiger charge is -2.39. The molecule has 0 aromatic carbocycles. The van der Waals surface area contributed by atoms with E-state index in [1.165, 1.54) is 6.42 Å². The van der Waals surface area contributed by atoms with Gasteiger partial charge in [-0.05, 0) is 43.4 Å². The van der Waals surface area contributed by atoms with Gasteiger partial charge in [-0.25, -0.2) is 0 Å². The summed E-state index contributed by atoms with van der Waals surface area (Å²) in [5.74, 6) is 1.06. The molecule has 2 rings (SSSR count). The average Bonchev–Trinajstić information content (AvgIpc) is 2.47. The highest BCUT2D eigenvalue weighted by molar-refractivity contribution is 5.79. The monoisotopic (exact) mass is 340 g/mol. The Hall–Kier alpha value is -0.650. The molecule has 1 amide bonds. The van der Waals surface area contributed by atoms with Crippen molar-refractivity contribution in [3.05, 3.63) is 0 Å². The maximum absolute atomic E-state index is 12.7. The zero-order chi connectivity index (χ0) is 17.7. The number of β-amino-alcohol motifs (C(OH)–C–C–N with tert-alkyl or cyclic N) is 1. The highest BCUT2D eigenvalue weighted by Crippen LogP contribution is 2.41. The first-order valence-corrected chi connectivity index (χ1v) is 9.49. The fourth-order valence-corrected chi connectivity index (χ4v) is 4.67. The number of piperidine rings is 1. The molecular formula is C19H36N2O3. The molecule has 0 spiro atoms. The summed E-state index contributed by atoms with van der Waals surface area (Å²) >= 11 is 0. The van der Waals surface area contributed by atoms with Crippen LogP contribution >= 0.6 is 0 Å². The second kappa shape index (κ2) is 8.63. The van der Waals surface area contributed by atoms with Crippen LogP contribution in [0.5, 0.6) is 0 Å². The van der Waals surface area contributed by atoms with Crippen LogP contribution in [0.3, 0.4) is 0 Å². The molecule has 0 bridgehead atoms. The molecule has 0 unspecified atom stereocenters. The van der Waals surface area contributed by atoms with Crippen molar-refractivity contribution in [1.82, 2.24) is 10.2 Å². The van der Waals surface area contributed by atoms with Gasteiger partial charge in [0.05, 0.1) is 12.7 Å². The Morgan fingerprint density at radius 1 is 1.33 bits per heavy atom. The van der Waals surface area contributed by atoms with E-state index in [-0.39, 0.29) is 23.3 Å². The van der Waals surface area contributed by atoms with Crippen LogP contribution in [0.2, 0.25) is 0 Å². The summed E-state index contributed by atoms with van der Waals surface area (Å²) < 4.78 is 4.98. The van der Waals surface area contributed by atoms with E-state index in [1.807, 2.05) is 0 Å². The van der Waals surface area contributed by atoms with E-state index in [0.29, 0.717) is 19.1 Å². The number of hydrogen-bond acceptors (Lipinski definition) is 4. The van der Waals surface area contributed by atoms with E-state index in [0.717, 1.165) is 38.8 Å². The van der Waals surface area contributed by atoms with Gasteiger partial charge < -0.3 is 20.1 Å². The van der Waals surface area contributed by atoms with Gasteiger partial charge in [-0.1, -0.05) is 20.8 Å². The maximum Gasteiger partial charge on any atom is 0.223 e. The molecule has 140 valence electrons. The standard InChI is InChI=1S/C19H36N2O3/c1-14-9-15(11-19(2,3)10-14)18(23)20-16-5-7-21(8-6-16)12-17(22)13-24-4/h14-17,22H,5-13H2,1-4H3,(H,20,23)/t14-,15+,17+/m0/s1. The van der Waals surface area contributed by atoms with Crippen LogP contribution in [0.1, 0.15) is 52.9 Å². The number of aliphatic hydroxyl groups is 1. The van der Waals surface area contributed by atoms with E-state index in [1.54, 1.807) is 7.11 Å². The second-order valence-electron chi connectivity index (χ2n) is 8.80. The molecule has 0 radical (unpaired) electrons. The predicted molar refractivity (Wildman–Crippen MR) is 95.8 cm³/mol. The first-order valence-electron chi connectivity index (χ1n) is 9.49. The van der Waals surface area contributed by atoms with Crippen molar-refractivity contribution in [2.75, 3.05) is 33.4 Å². The van der Waals surface area contributed by atoms with Gasteiger partial charge in [0.1, 0.15) is 0 Å². The number of amides is 1. The minimum atomic E-state index is -0.424. The summed E-state index contributed by atoms with van der Waals surface area (Å²) in [4.78, 5) is 14.9. The molecule has 0 aromatic heterocycles. The van der Waals surface area contributed by atoms with Crippen molar-refractivity contribution in [2.24, 2.45) is 17.3 Å². The molecule has 1 aliphatic heterocycles. The summed E-state index contributed by atoms with van der Waals surface area (Å²) in [6.45, 7) is 9.73. The third-order valence-corrected chi connectivity index (χ3v) is 5.52. The first-order chi connectivity index (χ1) is 11.3. The molecule has 1 saturated heterocycles. The quantitative estimate of drug-likeness (QED) is 0.777. The molecule has 3 atom stereocenters. The van der Waals surface area contributed by atoms with Crippen LogP contribution in [0.15, 0.2) is 0 Å². The minimum Gasteiger partial charge on any atom is -0.389 e. The van der Waals surface area contributed by atoms with Gasteiger partial charge in [-0.3, -0.25) is 4.79 Å². The number of aliphatic hydroxyl groups excluding tert-OH is 1. The number of rotatable bonds is 6. The van der Waals surface area contributed by atoms with Crippen molar-refractivity contribution in [2.45, 2.75) is 65.0 Å². The fourth-order valence-electron chi connectivity index (χ4n) is 4.67. The van der Waals surface area contributed by atoms with Crippen molar-refractivity contribution >= 4 is 5.91 Å². The lowest BCUT2D eigenvalue weighted by Crippen LogP contribution is -2.49. The average molecular weight is 341 g/mol. The number of likely N-dealkylation sites (tertiary alicyclic amines) is 1. The molecule has 5 nitrogen and oxygen atoms in total. The van der Waals surface area contributed by atoms with Crippen molar-refractivity contribution in [1.29, 1.82) is 0 Å². The third kappa shape index (κ3) is 6.01. The lowest BCUT2D eigenvalue weighted by atomic mass is 9.68. The Kier molecular flexibility index (Phi) is 7.08. The van der Waals surface area contributed by atoms with E-state index in [9.17, 15) is 9.90 Å². The SMILES string of the molecule is COC[C@H](O)CN1CCC(NC(=O)[C@@H]2C[C@H](C)CC(C)(C)C2)CC1. The van der Waals surface area contributed by atoms with Crippen LogP contribution in [0, 0.1) is 17.3 Å². The number of carbonyl (C=O) groups is 1. The zero-order valence-corrected chi connectivity index (χ0v) is 15.9. The minimum absolute atomic E-state index is 0.172. The van der Waals surface area contributed by atoms with E-state index in [4.69, 9.17) is 4.74 Å². The Morgan fingerprint density at radius 2 is 2.00 bits per heavy atom. The molecule has 5 heteroatoms. The molecule has 2 aliphatic rings. The van der Waals surface area contributed by atoms with Crippen LogP contribution in [0.25, 0.3) is 0 Å². The normalized spacial score (nSPS) is 30.0.